The summed E-state index contributed by atoms with van der Waals surface area (Å²) in [6.45, 7) is 8.57. The summed E-state index contributed by atoms with van der Waals surface area (Å²) < 4.78 is 0. The number of terminal acetylenes is 1. The van der Waals surface area contributed by atoms with E-state index in [9.17, 15) is 0 Å². The van der Waals surface area contributed by atoms with Crippen LogP contribution in [0.2, 0.25) is 0 Å². The zero-order valence-corrected chi connectivity index (χ0v) is 8.29. The van der Waals surface area contributed by atoms with Gasteiger partial charge in [-0.1, -0.05) is 6.92 Å². The topological polar surface area (TPSA) is 6.48 Å². The minimum atomic E-state index is 1.25. The lowest BCUT2D eigenvalue weighted by atomic mass is 10.3. The molecule has 1 rings (SSSR count). The van der Waals surface area contributed by atoms with Crippen LogP contribution in [0, 0.1) is 12.8 Å². The first-order valence-corrected chi connectivity index (χ1v) is 4.57. The Bertz CT molecular complexity index is 112. The lowest BCUT2D eigenvalue weighted by molar-refractivity contribution is 0.154. The molecule has 0 unspecified atom stereocenters. The molecule has 2 heteroatoms. The van der Waals surface area contributed by atoms with Crippen molar-refractivity contribution in [3.63, 3.8) is 0 Å². The van der Waals surface area contributed by atoms with Crippen molar-refractivity contribution >= 4 is 0 Å². The highest BCUT2D eigenvalue weighted by Gasteiger charge is 2.11. The van der Waals surface area contributed by atoms with E-state index in [0.717, 1.165) is 0 Å². The van der Waals surface area contributed by atoms with E-state index < -0.39 is 0 Å². The van der Waals surface area contributed by atoms with E-state index in [4.69, 9.17) is 0 Å². The van der Waals surface area contributed by atoms with Gasteiger partial charge < -0.3 is 9.80 Å². The Labute approximate surface area is 76.5 Å². The molecular weight excluding hydrogens is 148 g/mol. The van der Waals surface area contributed by atoms with E-state index in [1.807, 2.05) is 0 Å². The van der Waals surface area contributed by atoms with Gasteiger partial charge in [-0.15, -0.1) is 12.8 Å². The van der Waals surface area contributed by atoms with Crippen LogP contribution < -0.4 is 0 Å². The van der Waals surface area contributed by atoms with E-state index in [0.29, 0.717) is 0 Å². The van der Waals surface area contributed by atoms with E-state index >= 15 is 0 Å². The highest BCUT2D eigenvalue weighted by molar-refractivity contribution is 4.67. The standard InChI is InChI=1S/C8H18N2.C2H2/c1-3-4-10-7-5-9(2)6-8-10;1-2/h3-8H2,1-2H3;1-2H. The van der Waals surface area contributed by atoms with Gasteiger partial charge in [-0.25, -0.2) is 0 Å². The predicted molar refractivity (Wildman–Crippen MR) is 54.1 cm³/mol. The van der Waals surface area contributed by atoms with Crippen LogP contribution in [0.4, 0.5) is 0 Å². The monoisotopic (exact) mass is 168 g/mol. The van der Waals surface area contributed by atoms with Gasteiger partial charge in [0.2, 0.25) is 0 Å². The molecule has 0 aliphatic carbocycles. The Morgan fingerprint density at radius 2 is 1.58 bits per heavy atom. The number of nitrogens with zero attached hydrogens (tertiary/aromatic N) is 2. The Morgan fingerprint density at radius 1 is 1.08 bits per heavy atom. The second-order valence-electron chi connectivity index (χ2n) is 3.14. The van der Waals surface area contributed by atoms with Gasteiger partial charge in [0.05, 0.1) is 0 Å². The van der Waals surface area contributed by atoms with Gasteiger partial charge >= 0.3 is 0 Å². The highest BCUT2D eigenvalue weighted by atomic mass is 15.2. The smallest absolute Gasteiger partial charge is 0.0110 e. The molecule has 1 aliphatic rings. The quantitative estimate of drug-likeness (QED) is 0.565. The molecule has 0 aromatic rings. The Kier molecular flexibility index (Phi) is 6.84. The van der Waals surface area contributed by atoms with Gasteiger partial charge in [0.25, 0.3) is 0 Å². The second-order valence-corrected chi connectivity index (χ2v) is 3.14. The predicted octanol–water partition coefficient (Wildman–Crippen LogP) is 0.893. The summed E-state index contributed by atoms with van der Waals surface area (Å²) in [5, 5.41) is 0. The number of likely N-dealkylation sites (N-methyl/N-ethyl adjacent to an activating group) is 1. The fourth-order valence-electron chi connectivity index (χ4n) is 1.39. The molecule has 12 heavy (non-hydrogen) atoms. The lowest BCUT2D eigenvalue weighted by Gasteiger charge is -2.31. The zero-order chi connectivity index (χ0) is 9.40. The van der Waals surface area contributed by atoms with Crippen molar-refractivity contribution in [2.24, 2.45) is 0 Å². The van der Waals surface area contributed by atoms with Crippen LogP contribution in [0.5, 0.6) is 0 Å². The van der Waals surface area contributed by atoms with Crippen LogP contribution in [-0.2, 0) is 0 Å². The van der Waals surface area contributed by atoms with Gasteiger partial charge in [-0.2, -0.15) is 0 Å². The van der Waals surface area contributed by atoms with Crippen molar-refractivity contribution in [1.82, 2.24) is 9.80 Å². The van der Waals surface area contributed by atoms with E-state index in [1.165, 1.54) is 39.1 Å². The minimum Gasteiger partial charge on any atom is -0.304 e. The van der Waals surface area contributed by atoms with E-state index in [1.54, 1.807) is 0 Å². The van der Waals surface area contributed by atoms with Crippen molar-refractivity contribution in [1.29, 1.82) is 0 Å². The third-order valence-corrected chi connectivity index (χ3v) is 2.14. The molecule has 1 heterocycles. The van der Waals surface area contributed by atoms with Crippen molar-refractivity contribution < 1.29 is 0 Å². The van der Waals surface area contributed by atoms with Crippen LogP contribution in [0.3, 0.4) is 0 Å². The van der Waals surface area contributed by atoms with Crippen LogP contribution in [-0.4, -0.2) is 49.6 Å². The summed E-state index contributed by atoms with van der Waals surface area (Å²) in [7, 11) is 2.20. The van der Waals surface area contributed by atoms with Gasteiger partial charge in [0, 0.05) is 26.2 Å². The third-order valence-electron chi connectivity index (χ3n) is 2.14. The maximum absolute atomic E-state index is 4.00. The Balaban J connectivity index is 0.000000561. The summed E-state index contributed by atoms with van der Waals surface area (Å²) in [4.78, 5) is 4.94. The number of rotatable bonds is 2. The molecule has 0 bridgehead atoms. The minimum absolute atomic E-state index is 1.25. The van der Waals surface area contributed by atoms with Gasteiger partial charge in [-0.05, 0) is 20.0 Å². The molecule has 0 aromatic carbocycles. The van der Waals surface area contributed by atoms with Crippen LogP contribution in [0.25, 0.3) is 0 Å². The first-order chi connectivity index (χ1) is 5.83. The summed E-state index contributed by atoms with van der Waals surface area (Å²) in [5.74, 6) is 0. The average molecular weight is 168 g/mol. The summed E-state index contributed by atoms with van der Waals surface area (Å²) in [5.41, 5.74) is 0. The van der Waals surface area contributed by atoms with Crippen LogP contribution >= 0.6 is 0 Å². The van der Waals surface area contributed by atoms with Crippen molar-refractivity contribution in [2.45, 2.75) is 13.3 Å². The molecule has 0 spiro atoms. The van der Waals surface area contributed by atoms with Crippen molar-refractivity contribution in [3.8, 4) is 12.8 Å². The fourth-order valence-corrected chi connectivity index (χ4v) is 1.39. The highest BCUT2D eigenvalue weighted by Crippen LogP contribution is 1.98. The second kappa shape index (κ2) is 7.15. The van der Waals surface area contributed by atoms with E-state index in [-0.39, 0.29) is 0 Å². The summed E-state index contributed by atoms with van der Waals surface area (Å²) in [6.07, 6.45) is 9.30. The van der Waals surface area contributed by atoms with Crippen molar-refractivity contribution in [2.75, 3.05) is 39.8 Å². The molecule has 0 atom stereocenters. The van der Waals surface area contributed by atoms with Crippen LogP contribution in [0.1, 0.15) is 13.3 Å². The Hall–Kier alpha value is -0.520. The molecule has 70 valence electrons. The first kappa shape index (κ1) is 11.5. The molecule has 0 radical (unpaired) electrons. The Morgan fingerprint density at radius 3 is 2.00 bits per heavy atom. The maximum Gasteiger partial charge on any atom is 0.0110 e. The lowest BCUT2D eigenvalue weighted by Crippen LogP contribution is -2.44. The normalized spacial score (nSPS) is 19.7. The molecule has 0 saturated carbocycles. The molecule has 2 nitrogen and oxygen atoms in total. The summed E-state index contributed by atoms with van der Waals surface area (Å²) in [6, 6.07) is 0. The number of hydrogen-bond donors (Lipinski definition) is 0. The third kappa shape index (κ3) is 4.38. The molecule has 0 N–H and O–H groups in total. The van der Waals surface area contributed by atoms with Crippen molar-refractivity contribution in [3.05, 3.63) is 0 Å². The zero-order valence-electron chi connectivity index (χ0n) is 8.29. The molecule has 1 aliphatic heterocycles. The number of piperazine rings is 1. The first-order valence-electron chi connectivity index (χ1n) is 4.57. The fraction of sp³-hybridized carbons (Fsp3) is 0.800. The van der Waals surface area contributed by atoms with Gasteiger partial charge in [-0.3, -0.25) is 0 Å². The SMILES string of the molecule is C#C.CCCN1CCN(C)CC1. The van der Waals surface area contributed by atoms with Gasteiger partial charge in [0.15, 0.2) is 0 Å². The molecule has 0 aromatic heterocycles. The molecule has 0 amide bonds. The average Bonchev–Trinajstić information content (AvgIpc) is 2.13. The largest absolute Gasteiger partial charge is 0.304 e. The molecule has 1 fully saturated rings. The number of hydrogen-bond acceptors (Lipinski definition) is 2. The molecular formula is C10H20N2. The van der Waals surface area contributed by atoms with Gasteiger partial charge in [0.1, 0.15) is 0 Å². The van der Waals surface area contributed by atoms with Crippen LogP contribution in [0.15, 0.2) is 0 Å². The van der Waals surface area contributed by atoms with E-state index in [2.05, 4.69) is 36.6 Å². The summed E-state index contributed by atoms with van der Waals surface area (Å²) >= 11 is 0. The maximum atomic E-state index is 4.00. The molecule has 1 saturated heterocycles.